The van der Waals surface area contributed by atoms with Gasteiger partial charge in [-0.15, -0.1) is 0 Å². The molecule has 0 heterocycles. The summed E-state index contributed by atoms with van der Waals surface area (Å²) >= 11 is 6.86. The molecule has 4 fully saturated rings. The van der Waals surface area contributed by atoms with Gasteiger partial charge in [0.2, 0.25) is 0 Å². The minimum Gasteiger partial charge on any atom is -0.426 e. The molecular weight excluding hydrogens is 976 g/mol. The third kappa shape index (κ3) is 8.17. The van der Waals surface area contributed by atoms with Crippen molar-refractivity contribution in [2.45, 2.75) is 38.5 Å². The third-order valence-corrected chi connectivity index (χ3v) is 14.6. The lowest BCUT2D eigenvalue weighted by Gasteiger charge is -2.28. The van der Waals surface area contributed by atoms with Gasteiger partial charge in [-0.05, 0) is 131 Å². The van der Waals surface area contributed by atoms with Crippen LogP contribution in [-0.4, -0.2) is 35.8 Å². The van der Waals surface area contributed by atoms with Gasteiger partial charge in [-0.3, -0.25) is 19.2 Å². The number of benzene rings is 5. The smallest absolute Gasteiger partial charge is 0.339 e. The highest BCUT2D eigenvalue weighted by Crippen LogP contribution is 2.74. The minimum atomic E-state index is -1.73. The Labute approximate surface area is 396 Å². The van der Waals surface area contributed by atoms with E-state index in [1.165, 1.54) is 12.1 Å². The van der Waals surface area contributed by atoms with Crippen LogP contribution in [0.2, 0.25) is 0 Å². The molecule has 12 nitrogen and oxygen atoms in total. The number of hydrogen-bond acceptors (Lipinski definition) is 12. The molecule has 4 atom stereocenters. The Balaban J connectivity index is 0.880. The van der Waals surface area contributed by atoms with Crippen LogP contribution in [0.5, 0.6) is 34.5 Å². The van der Waals surface area contributed by atoms with Crippen LogP contribution in [0.15, 0.2) is 167 Å². The molecule has 4 aliphatic rings. The Morgan fingerprint density at radius 3 is 0.970 bits per heavy atom. The zero-order chi connectivity index (χ0) is 46.4. The number of fused-ring (bicyclic) bond motifs is 2. The number of rotatable bonds is 14. The van der Waals surface area contributed by atoms with Crippen LogP contribution in [0.25, 0.3) is 0 Å². The summed E-state index contributed by atoms with van der Waals surface area (Å²) in [5.41, 5.74) is -5.17. The first kappa shape index (κ1) is 44.6. The maximum absolute atomic E-state index is 13.9. The molecule has 66 heavy (non-hydrogen) atoms. The van der Waals surface area contributed by atoms with Crippen molar-refractivity contribution in [2.24, 2.45) is 33.5 Å². The molecule has 9 rings (SSSR count). The normalized spacial score (nSPS) is 22.3. The molecule has 0 N–H and O–H groups in total. The summed E-state index contributed by atoms with van der Waals surface area (Å²) in [5, 5.41) is 0. The number of ether oxygens (including phenoxy) is 6. The number of para-hydroxylation sites is 4. The van der Waals surface area contributed by atoms with Crippen LogP contribution in [0, 0.1) is 33.5 Å². The summed E-state index contributed by atoms with van der Waals surface area (Å²) < 4.78 is 35.1. The zero-order valence-electron chi connectivity index (χ0n) is 35.2. The monoisotopic (exact) mass is 1010 g/mol. The van der Waals surface area contributed by atoms with Crippen molar-refractivity contribution in [3.8, 4) is 34.5 Å². The number of carbonyl (C=O) groups is 6. The van der Waals surface area contributed by atoms with Crippen molar-refractivity contribution < 1.29 is 57.2 Å². The third-order valence-electron chi connectivity index (χ3n) is 13.4. The second kappa shape index (κ2) is 17.3. The topological polar surface area (TPSA) is 158 Å². The Hall–Kier alpha value is -6.64. The molecule has 0 amide bonds. The van der Waals surface area contributed by atoms with E-state index in [9.17, 15) is 28.8 Å². The highest BCUT2D eigenvalue weighted by molar-refractivity contribution is 9.11. The van der Waals surface area contributed by atoms with E-state index in [1.54, 1.807) is 121 Å². The zero-order valence-corrected chi connectivity index (χ0v) is 38.3. The quantitative estimate of drug-likeness (QED) is 0.0449. The SMILES string of the molecule is C=C(C(=O)Oc1cc(Br)c(OC(=O)C(=C)C23CC2CC(C(=O)Oc2ccccc2)(C(=O)Oc2ccccc2)C3)cc1Br)C12CC1CC(C(=O)Oc1ccccc1)(C(=O)Oc1ccccc1)C2. The molecule has 5 aromatic carbocycles. The summed E-state index contributed by atoms with van der Waals surface area (Å²) in [5.74, 6) is -4.08. The van der Waals surface area contributed by atoms with Crippen LogP contribution < -0.4 is 28.4 Å². The van der Waals surface area contributed by atoms with E-state index < -0.39 is 57.5 Å². The summed E-state index contributed by atoms with van der Waals surface area (Å²) in [6.45, 7) is 8.21. The van der Waals surface area contributed by atoms with Crippen LogP contribution in [-0.2, 0) is 28.8 Å². The first-order valence-electron chi connectivity index (χ1n) is 21.1. The van der Waals surface area contributed by atoms with Crippen LogP contribution in [0.4, 0.5) is 0 Å². The van der Waals surface area contributed by atoms with Gasteiger partial charge in [-0.2, -0.15) is 0 Å². The second-order valence-electron chi connectivity index (χ2n) is 17.3. The van der Waals surface area contributed by atoms with Gasteiger partial charge in [-0.1, -0.05) is 86.0 Å². The van der Waals surface area contributed by atoms with Crippen molar-refractivity contribution in [2.75, 3.05) is 0 Å². The summed E-state index contributed by atoms with van der Waals surface area (Å²) in [6, 6.07) is 36.5. The van der Waals surface area contributed by atoms with Crippen LogP contribution in [0.1, 0.15) is 38.5 Å². The number of carbonyl (C=O) groups excluding carboxylic acids is 6. The number of hydrogen-bond donors (Lipinski definition) is 0. The first-order valence-corrected chi connectivity index (χ1v) is 22.7. The molecule has 334 valence electrons. The summed E-state index contributed by atoms with van der Waals surface area (Å²) in [6.07, 6.45) is 0.993. The molecule has 4 unspecified atom stereocenters. The highest BCUT2D eigenvalue weighted by atomic mass is 79.9. The van der Waals surface area contributed by atoms with Gasteiger partial charge < -0.3 is 28.4 Å². The van der Waals surface area contributed by atoms with Crippen LogP contribution in [0.3, 0.4) is 0 Å². The van der Waals surface area contributed by atoms with E-state index in [-0.39, 0.29) is 92.1 Å². The molecule has 0 aliphatic heterocycles. The molecule has 0 bridgehead atoms. The van der Waals surface area contributed by atoms with Gasteiger partial charge in [0.15, 0.2) is 10.8 Å². The highest BCUT2D eigenvalue weighted by Gasteiger charge is 2.74. The maximum atomic E-state index is 13.9. The van der Waals surface area contributed by atoms with Gasteiger partial charge in [0.05, 0.1) is 8.95 Å². The second-order valence-corrected chi connectivity index (χ2v) is 19.0. The molecule has 0 saturated heterocycles. The molecular formula is C52H40Br2O12. The van der Waals surface area contributed by atoms with Crippen molar-refractivity contribution in [1.82, 2.24) is 0 Å². The van der Waals surface area contributed by atoms with Crippen LogP contribution >= 0.6 is 31.9 Å². The molecule has 4 saturated carbocycles. The van der Waals surface area contributed by atoms with E-state index >= 15 is 0 Å². The van der Waals surface area contributed by atoms with Crippen molar-refractivity contribution >= 4 is 67.7 Å². The van der Waals surface area contributed by atoms with E-state index in [0.29, 0.717) is 12.8 Å². The van der Waals surface area contributed by atoms with Gasteiger partial charge >= 0.3 is 35.8 Å². The largest absolute Gasteiger partial charge is 0.426 e. The van der Waals surface area contributed by atoms with E-state index in [1.807, 2.05) is 0 Å². The van der Waals surface area contributed by atoms with Crippen molar-refractivity contribution in [3.05, 3.63) is 167 Å². The lowest BCUT2D eigenvalue weighted by molar-refractivity contribution is -0.163. The molecule has 0 spiro atoms. The van der Waals surface area contributed by atoms with Crippen molar-refractivity contribution in [3.63, 3.8) is 0 Å². The Bertz CT molecular complexity index is 2510. The van der Waals surface area contributed by atoms with E-state index in [2.05, 4.69) is 45.0 Å². The molecule has 0 aromatic heterocycles. The number of halogens is 2. The average Bonchev–Trinajstić information content (AvgIpc) is 4.12. The fourth-order valence-corrected chi connectivity index (χ4v) is 10.5. The van der Waals surface area contributed by atoms with Gasteiger partial charge in [-0.25, -0.2) is 9.59 Å². The van der Waals surface area contributed by atoms with E-state index in [0.717, 1.165) is 0 Å². The van der Waals surface area contributed by atoms with Gasteiger partial charge in [0.1, 0.15) is 34.5 Å². The molecule has 14 heteroatoms. The van der Waals surface area contributed by atoms with E-state index in [4.69, 9.17) is 28.4 Å². The predicted molar refractivity (Wildman–Crippen MR) is 244 cm³/mol. The fraction of sp³-hybridized carbons (Fsp3) is 0.231. The Morgan fingerprint density at radius 1 is 0.424 bits per heavy atom. The predicted octanol–water partition coefficient (Wildman–Crippen LogP) is 10.1. The lowest BCUT2D eigenvalue weighted by atomic mass is 9.79. The molecule has 0 radical (unpaired) electrons. The average molecular weight is 1020 g/mol. The Kier molecular flexibility index (Phi) is 11.7. The van der Waals surface area contributed by atoms with Crippen molar-refractivity contribution in [1.29, 1.82) is 0 Å². The van der Waals surface area contributed by atoms with Gasteiger partial charge in [0, 0.05) is 34.1 Å². The standard InChI is InChI=1S/C52H40Br2O12/c1-31(49-25-33(49)27-51(29-49,45(57)61-35-15-7-3-8-16-35)46(58)62-36-17-9-4-10-18-36)43(55)65-41-23-40(54)42(24-39(41)53)66-44(56)32(2)50-26-34(50)28-52(30-50,47(59)63-37-19-11-5-12-20-37)48(60)64-38-21-13-6-14-22-38/h3-24,33-34H,1-2,25-30H2. The Morgan fingerprint density at radius 2 is 0.697 bits per heavy atom. The molecule has 4 aliphatic carbocycles. The maximum Gasteiger partial charge on any atom is 0.339 e. The summed E-state index contributed by atoms with van der Waals surface area (Å²) in [7, 11) is 0. The lowest BCUT2D eigenvalue weighted by Crippen LogP contribution is -2.44. The minimum absolute atomic E-state index is 0.0618. The first-order chi connectivity index (χ1) is 31.7. The summed E-state index contributed by atoms with van der Waals surface area (Å²) in [4.78, 5) is 83.5. The number of esters is 6. The van der Waals surface area contributed by atoms with Gasteiger partial charge in [0.25, 0.3) is 0 Å². The molecule has 5 aromatic rings. The fourth-order valence-electron chi connectivity index (χ4n) is 9.70.